The van der Waals surface area contributed by atoms with Crippen LogP contribution in [0.5, 0.6) is 0 Å². The molecule has 12 heavy (non-hydrogen) atoms. The number of hydrogen-bond donors (Lipinski definition) is 0. The number of esters is 1. The second-order valence-electron chi connectivity index (χ2n) is 3.15. The van der Waals surface area contributed by atoms with Gasteiger partial charge in [-0.25, -0.2) is 0 Å². The van der Waals surface area contributed by atoms with Gasteiger partial charge in [0.05, 0.1) is 0 Å². The van der Waals surface area contributed by atoms with E-state index in [-0.39, 0.29) is 41.6 Å². The third-order valence-electron chi connectivity index (χ3n) is 2.10. The van der Waals surface area contributed by atoms with Crippen LogP contribution < -0.4 is 0 Å². The maximum absolute atomic E-state index is 10.7. The smallest absolute Gasteiger partial charge is 0.306 e. The van der Waals surface area contributed by atoms with Crippen LogP contribution in [0.4, 0.5) is 0 Å². The minimum atomic E-state index is -0.00787. The van der Waals surface area contributed by atoms with Gasteiger partial charge in [0.2, 0.25) is 0 Å². The first-order valence-electron chi connectivity index (χ1n) is 4.52. The molecule has 1 aliphatic rings. The number of cyclic esters (lactones) is 1. The van der Waals surface area contributed by atoms with Gasteiger partial charge in [-0.2, -0.15) is 0 Å². The van der Waals surface area contributed by atoms with Gasteiger partial charge in [-0.05, 0) is 19.3 Å². The van der Waals surface area contributed by atoms with Gasteiger partial charge < -0.3 is 4.74 Å². The van der Waals surface area contributed by atoms with Crippen LogP contribution in [-0.4, -0.2) is 41.6 Å². The molecule has 0 aromatic carbocycles. The molecule has 1 radical (unpaired) electrons. The normalized spacial score (nSPS) is 21.8. The Morgan fingerprint density at radius 1 is 1.50 bits per heavy atom. The van der Waals surface area contributed by atoms with Crippen LogP contribution in [0, 0.1) is 0 Å². The van der Waals surface area contributed by atoms with Crippen molar-refractivity contribution in [2.45, 2.75) is 51.6 Å². The van der Waals surface area contributed by atoms with Gasteiger partial charge in [0.1, 0.15) is 6.10 Å². The first-order chi connectivity index (χ1) is 5.33. The number of ether oxygens (including phenoxy) is 1. The van der Waals surface area contributed by atoms with Crippen molar-refractivity contribution < 1.29 is 9.53 Å². The molecule has 0 bridgehead atoms. The van der Waals surface area contributed by atoms with Gasteiger partial charge in [-0.15, -0.1) is 0 Å². The molecule has 1 saturated heterocycles. The molecule has 3 heteroatoms. The quantitative estimate of drug-likeness (QED) is 0.374. The van der Waals surface area contributed by atoms with Crippen LogP contribution in [0.2, 0.25) is 0 Å². The molecule has 1 atom stereocenters. The van der Waals surface area contributed by atoms with Gasteiger partial charge >= 0.3 is 5.97 Å². The summed E-state index contributed by atoms with van der Waals surface area (Å²) >= 11 is 0. The fraction of sp³-hybridized carbons (Fsp3) is 0.889. The second kappa shape index (κ2) is 6.93. The number of hydrogen-bond acceptors (Lipinski definition) is 2. The summed E-state index contributed by atoms with van der Waals surface area (Å²) < 4.78 is 5.07. The van der Waals surface area contributed by atoms with E-state index in [1.165, 1.54) is 19.3 Å². The molecule has 0 aromatic rings. The zero-order valence-corrected chi connectivity index (χ0v) is 10.1. The van der Waals surface area contributed by atoms with Crippen molar-refractivity contribution >= 4 is 35.5 Å². The third-order valence-corrected chi connectivity index (χ3v) is 2.10. The van der Waals surface area contributed by atoms with Crippen molar-refractivity contribution in [1.29, 1.82) is 0 Å². The van der Waals surface area contributed by atoms with E-state index in [2.05, 4.69) is 6.92 Å². The molecule has 0 aliphatic carbocycles. The number of unbranched alkanes of at least 4 members (excludes halogenated alkanes) is 2. The number of rotatable bonds is 4. The second-order valence-corrected chi connectivity index (χ2v) is 3.15. The van der Waals surface area contributed by atoms with E-state index in [1.54, 1.807) is 0 Å². The predicted octanol–water partition coefficient (Wildman–Crippen LogP) is 1.89. The minimum absolute atomic E-state index is 0. The Bertz CT molecular complexity index is 136. The zero-order valence-electron chi connectivity index (χ0n) is 8.14. The van der Waals surface area contributed by atoms with Crippen molar-refractivity contribution in [3.05, 3.63) is 0 Å². The molecule has 1 fully saturated rings. The molecule has 1 rings (SSSR count). The predicted molar refractivity (Wildman–Crippen MR) is 49.0 cm³/mol. The molecule has 1 heterocycles. The van der Waals surface area contributed by atoms with Gasteiger partial charge in [-0.1, -0.05) is 19.8 Å². The van der Waals surface area contributed by atoms with E-state index in [0.29, 0.717) is 6.42 Å². The van der Waals surface area contributed by atoms with Crippen molar-refractivity contribution in [3.63, 3.8) is 0 Å². The average Bonchev–Trinajstić information content (AvgIpc) is 2.37. The molecule has 1 aliphatic heterocycles. The van der Waals surface area contributed by atoms with Gasteiger partial charge in [-0.3, -0.25) is 4.79 Å². The summed E-state index contributed by atoms with van der Waals surface area (Å²) in [7, 11) is 0. The Morgan fingerprint density at radius 2 is 2.25 bits per heavy atom. The molecule has 0 amide bonds. The number of carbonyl (C=O) groups is 1. The molecule has 0 saturated carbocycles. The van der Waals surface area contributed by atoms with Crippen molar-refractivity contribution in [3.8, 4) is 0 Å². The zero-order chi connectivity index (χ0) is 8.10. The first kappa shape index (κ1) is 12.5. The third kappa shape index (κ3) is 4.48. The Balaban J connectivity index is 0.00000121. The summed E-state index contributed by atoms with van der Waals surface area (Å²) in [6.45, 7) is 2.18. The Labute approximate surface area is 96.3 Å². The first-order valence-corrected chi connectivity index (χ1v) is 4.52. The molecule has 1 unspecified atom stereocenters. The van der Waals surface area contributed by atoms with Crippen molar-refractivity contribution in [2.75, 3.05) is 0 Å². The Morgan fingerprint density at radius 3 is 2.75 bits per heavy atom. The molecular formula is C9H16NaO2. The van der Waals surface area contributed by atoms with E-state index >= 15 is 0 Å². The minimum Gasteiger partial charge on any atom is -0.462 e. The molecule has 2 nitrogen and oxygen atoms in total. The van der Waals surface area contributed by atoms with Crippen LogP contribution in [0.1, 0.15) is 45.4 Å². The SMILES string of the molecule is CCCCCC1CCC(=O)O1.[Na]. The van der Waals surface area contributed by atoms with E-state index < -0.39 is 0 Å². The van der Waals surface area contributed by atoms with E-state index in [0.717, 1.165) is 12.8 Å². The summed E-state index contributed by atoms with van der Waals surface area (Å²) in [6, 6.07) is 0. The fourth-order valence-electron chi connectivity index (χ4n) is 1.41. The fourth-order valence-corrected chi connectivity index (χ4v) is 1.41. The van der Waals surface area contributed by atoms with Crippen LogP contribution in [0.15, 0.2) is 0 Å². The Kier molecular flexibility index (Phi) is 7.20. The summed E-state index contributed by atoms with van der Waals surface area (Å²) in [5.74, 6) is -0.00787. The van der Waals surface area contributed by atoms with Crippen LogP contribution >= 0.6 is 0 Å². The summed E-state index contributed by atoms with van der Waals surface area (Å²) in [4.78, 5) is 10.7. The van der Waals surface area contributed by atoms with Crippen LogP contribution in [0.25, 0.3) is 0 Å². The number of carbonyl (C=O) groups excluding carboxylic acids is 1. The molecule has 0 N–H and O–H groups in total. The van der Waals surface area contributed by atoms with E-state index in [9.17, 15) is 4.79 Å². The van der Waals surface area contributed by atoms with Gasteiger partial charge in [0.15, 0.2) is 0 Å². The molecule has 0 aromatic heterocycles. The molecule has 0 spiro atoms. The maximum Gasteiger partial charge on any atom is 0.306 e. The monoisotopic (exact) mass is 179 g/mol. The Hall–Kier alpha value is 0.470. The molecular weight excluding hydrogens is 163 g/mol. The topological polar surface area (TPSA) is 26.3 Å². The summed E-state index contributed by atoms with van der Waals surface area (Å²) in [6.07, 6.45) is 6.59. The maximum atomic E-state index is 10.7. The van der Waals surface area contributed by atoms with Crippen molar-refractivity contribution in [2.24, 2.45) is 0 Å². The van der Waals surface area contributed by atoms with Gasteiger partial charge in [0.25, 0.3) is 0 Å². The van der Waals surface area contributed by atoms with Crippen LogP contribution in [-0.2, 0) is 9.53 Å². The molecule has 65 valence electrons. The van der Waals surface area contributed by atoms with E-state index in [4.69, 9.17) is 4.74 Å². The van der Waals surface area contributed by atoms with Gasteiger partial charge in [0, 0.05) is 36.0 Å². The van der Waals surface area contributed by atoms with Crippen molar-refractivity contribution in [1.82, 2.24) is 0 Å². The summed E-state index contributed by atoms with van der Waals surface area (Å²) in [5, 5.41) is 0. The van der Waals surface area contributed by atoms with Crippen LogP contribution in [0.3, 0.4) is 0 Å². The standard InChI is InChI=1S/C9H16O2.Na/c1-2-3-4-5-8-6-7-9(10)11-8;/h8H,2-7H2,1H3;. The average molecular weight is 179 g/mol. The largest absolute Gasteiger partial charge is 0.462 e. The summed E-state index contributed by atoms with van der Waals surface area (Å²) in [5.41, 5.74) is 0. The van der Waals surface area contributed by atoms with E-state index in [1.807, 2.05) is 0 Å².